The molecule has 12 heteroatoms. The number of nitrogens with one attached hydrogen (secondary N) is 2. The van der Waals surface area contributed by atoms with Crippen LogP contribution in [-0.4, -0.2) is 57.3 Å². The van der Waals surface area contributed by atoms with Gasteiger partial charge in [0, 0.05) is 43.6 Å². The van der Waals surface area contributed by atoms with Crippen LogP contribution < -0.4 is 0 Å². The Bertz CT molecular complexity index is 1560. The molecule has 2 aromatic heterocycles. The Morgan fingerprint density at radius 2 is 1.25 bits per heavy atom. The quantitative estimate of drug-likeness (QED) is 0.143. The molecule has 0 saturated carbocycles. The van der Waals surface area contributed by atoms with Gasteiger partial charge in [0.15, 0.2) is 0 Å². The number of esters is 2. The molecule has 0 amide bonds. The minimum absolute atomic E-state index is 0.0596. The second kappa shape index (κ2) is 14.1. The number of ether oxygens (including phenoxy) is 2. The first-order valence-corrected chi connectivity index (χ1v) is 14.0. The molecular weight excluding hydrogens is 652 g/mol. The number of aromatic amines is 2. The zero-order valence-corrected chi connectivity index (χ0v) is 25.0. The van der Waals surface area contributed by atoms with E-state index >= 15 is 0 Å². The van der Waals surface area contributed by atoms with Crippen LogP contribution in [0.25, 0.3) is 21.8 Å². The third kappa shape index (κ3) is 7.72. The second-order valence-electron chi connectivity index (χ2n) is 8.56. The third-order valence-electron chi connectivity index (χ3n) is 5.90. The molecule has 10 nitrogen and oxygen atoms in total. The van der Waals surface area contributed by atoms with E-state index in [1.165, 1.54) is 0 Å². The van der Waals surface area contributed by atoms with Gasteiger partial charge in [-0.15, -0.1) is 0 Å². The fourth-order valence-electron chi connectivity index (χ4n) is 4.23. The summed E-state index contributed by atoms with van der Waals surface area (Å²) >= 11 is 6.71. The summed E-state index contributed by atoms with van der Waals surface area (Å²) in [4.78, 5) is 51.3. The van der Waals surface area contributed by atoms with Gasteiger partial charge in [-0.05, 0) is 62.1 Å². The standard InChI is InChI=1S/C16H18BrNO4.C12H10BrNO4/c1-3-21-14(19)8-7-12-11-6-5-10(17)9-13(11)18-15(12)16(20)22-4-2;13-6-1-2-7-8(3-4-10(15)16)11(12(17)18)14-9(7)5-6/h5-6,9,18H,3-4,7-8H2,1-2H3;1-2,5,14H,3-4H2,(H,15,16)(H,17,18). The number of hydrogen-bond donors (Lipinski definition) is 4. The molecule has 0 aliphatic heterocycles. The highest BCUT2D eigenvalue weighted by Gasteiger charge is 2.20. The van der Waals surface area contributed by atoms with Crippen molar-refractivity contribution in [2.45, 2.75) is 39.5 Å². The van der Waals surface area contributed by atoms with Crippen molar-refractivity contribution in [3.63, 3.8) is 0 Å². The van der Waals surface area contributed by atoms with Crippen molar-refractivity contribution in [1.29, 1.82) is 0 Å². The van der Waals surface area contributed by atoms with E-state index in [2.05, 4.69) is 41.8 Å². The second-order valence-corrected chi connectivity index (χ2v) is 10.4. The molecule has 2 aromatic carbocycles. The minimum Gasteiger partial charge on any atom is -0.481 e. The van der Waals surface area contributed by atoms with Crippen LogP contribution in [0.3, 0.4) is 0 Å². The van der Waals surface area contributed by atoms with Crippen LogP contribution in [0.1, 0.15) is 58.8 Å². The van der Waals surface area contributed by atoms with Crippen molar-refractivity contribution in [1.82, 2.24) is 9.97 Å². The first kappa shape index (κ1) is 30.9. The summed E-state index contributed by atoms with van der Waals surface area (Å²) in [6.45, 7) is 4.18. The number of hydrogen-bond acceptors (Lipinski definition) is 6. The van der Waals surface area contributed by atoms with Crippen molar-refractivity contribution in [2.75, 3.05) is 13.2 Å². The van der Waals surface area contributed by atoms with Crippen LogP contribution in [0.15, 0.2) is 45.3 Å². The highest BCUT2D eigenvalue weighted by atomic mass is 79.9. The largest absolute Gasteiger partial charge is 0.481 e. The van der Waals surface area contributed by atoms with Crippen LogP contribution in [0, 0.1) is 0 Å². The average molecular weight is 680 g/mol. The Morgan fingerprint density at radius 1 is 0.750 bits per heavy atom. The maximum Gasteiger partial charge on any atom is 0.355 e. The Balaban J connectivity index is 0.000000225. The van der Waals surface area contributed by atoms with Crippen LogP contribution >= 0.6 is 31.9 Å². The molecule has 0 spiro atoms. The summed E-state index contributed by atoms with van der Waals surface area (Å²) in [5, 5.41) is 19.5. The maximum atomic E-state index is 12.1. The molecule has 0 bridgehead atoms. The Labute approximate surface area is 246 Å². The number of fused-ring (bicyclic) bond motifs is 2. The van der Waals surface area contributed by atoms with Gasteiger partial charge in [-0.3, -0.25) is 9.59 Å². The molecule has 0 fully saturated rings. The Morgan fingerprint density at radius 3 is 1.75 bits per heavy atom. The molecule has 0 atom stereocenters. The SMILES string of the molecule is CCOC(=O)CCc1c(C(=O)OCC)[nH]c2cc(Br)ccc12.O=C(O)CCc1c(C(=O)O)[nH]c2cc(Br)ccc12. The lowest BCUT2D eigenvalue weighted by Crippen LogP contribution is -2.10. The van der Waals surface area contributed by atoms with E-state index in [4.69, 9.17) is 19.7 Å². The highest BCUT2D eigenvalue weighted by molar-refractivity contribution is 9.10. The first-order valence-electron chi connectivity index (χ1n) is 12.4. The number of H-pyrrole nitrogens is 2. The molecule has 0 unspecified atom stereocenters. The topological polar surface area (TPSA) is 159 Å². The number of rotatable bonds is 10. The lowest BCUT2D eigenvalue weighted by atomic mass is 10.1. The number of halogens is 2. The number of benzene rings is 2. The summed E-state index contributed by atoms with van der Waals surface area (Å²) in [5.41, 5.74) is 3.29. The molecule has 2 heterocycles. The molecule has 0 aliphatic rings. The van der Waals surface area contributed by atoms with Gasteiger partial charge >= 0.3 is 23.9 Å². The summed E-state index contributed by atoms with van der Waals surface area (Å²) in [6.07, 6.45) is 0.750. The van der Waals surface area contributed by atoms with Crippen LogP contribution in [0.2, 0.25) is 0 Å². The van der Waals surface area contributed by atoms with Gasteiger partial charge in [0.05, 0.1) is 13.2 Å². The van der Waals surface area contributed by atoms with E-state index in [1.54, 1.807) is 32.0 Å². The Hall–Kier alpha value is -3.64. The van der Waals surface area contributed by atoms with Crippen LogP contribution in [0.5, 0.6) is 0 Å². The smallest absolute Gasteiger partial charge is 0.355 e. The number of aliphatic carboxylic acids is 1. The zero-order valence-electron chi connectivity index (χ0n) is 21.8. The summed E-state index contributed by atoms with van der Waals surface area (Å²) in [7, 11) is 0. The van der Waals surface area contributed by atoms with Crippen molar-refractivity contribution in [2.24, 2.45) is 0 Å². The zero-order chi connectivity index (χ0) is 29.4. The number of carbonyl (C=O) groups is 4. The first-order chi connectivity index (χ1) is 19.0. The van der Waals surface area contributed by atoms with E-state index in [1.807, 2.05) is 18.2 Å². The van der Waals surface area contributed by atoms with E-state index in [0.29, 0.717) is 36.4 Å². The van der Waals surface area contributed by atoms with Crippen molar-refractivity contribution < 1.29 is 38.9 Å². The molecule has 4 N–H and O–H groups in total. The lowest BCUT2D eigenvalue weighted by molar-refractivity contribution is -0.143. The van der Waals surface area contributed by atoms with E-state index in [-0.39, 0.29) is 30.9 Å². The van der Waals surface area contributed by atoms with Gasteiger partial charge in [0.2, 0.25) is 0 Å². The minimum atomic E-state index is -1.08. The monoisotopic (exact) mass is 678 g/mol. The van der Waals surface area contributed by atoms with Gasteiger partial charge < -0.3 is 29.7 Å². The molecule has 4 rings (SSSR count). The number of aryl methyl sites for hydroxylation is 2. The van der Waals surface area contributed by atoms with Gasteiger partial charge in [-0.25, -0.2) is 9.59 Å². The number of aromatic carboxylic acids is 1. The van der Waals surface area contributed by atoms with Crippen molar-refractivity contribution in [3.05, 3.63) is 67.9 Å². The molecular formula is C28H28Br2N2O8. The van der Waals surface area contributed by atoms with Crippen molar-refractivity contribution in [3.8, 4) is 0 Å². The predicted octanol–water partition coefficient (Wildman–Crippen LogP) is 6.25. The van der Waals surface area contributed by atoms with E-state index < -0.39 is 17.9 Å². The normalized spacial score (nSPS) is 10.7. The number of aromatic nitrogens is 2. The summed E-state index contributed by atoms with van der Waals surface area (Å²) in [5.74, 6) is -2.71. The number of carboxylic acid groups (broad SMARTS) is 2. The fraction of sp³-hybridized carbons (Fsp3) is 0.286. The van der Waals surface area contributed by atoms with Crippen LogP contribution in [0.4, 0.5) is 0 Å². The van der Waals surface area contributed by atoms with Crippen molar-refractivity contribution >= 4 is 77.5 Å². The third-order valence-corrected chi connectivity index (χ3v) is 6.89. The predicted molar refractivity (Wildman–Crippen MR) is 156 cm³/mol. The van der Waals surface area contributed by atoms with Gasteiger partial charge in [0.25, 0.3) is 0 Å². The maximum absolute atomic E-state index is 12.1. The summed E-state index contributed by atoms with van der Waals surface area (Å²) in [6, 6.07) is 11.1. The van der Waals surface area contributed by atoms with Crippen LogP contribution in [-0.2, 0) is 31.9 Å². The van der Waals surface area contributed by atoms with Gasteiger partial charge in [-0.2, -0.15) is 0 Å². The summed E-state index contributed by atoms with van der Waals surface area (Å²) < 4.78 is 11.8. The Kier molecular flexibility index (Phi) is 10.9. The fourth-order valence-corrected chi connectivity index (χ4v) is 4.95. The van der Waals surface area contributed by atoms with Gasteiger partial charge in [0.1, 0.15) is 11.4 Å². The molecule has 0 radical (unpaired) electrons. The molecule has 4 aromatic rings. The van der Waals surface area contributed by atoms with Gasteiger partial charge in [-0.1, -0.05) is 44.0 Å². The average Bonchev–Trinajstić information content (AvgIpc) is 3.44. The molecule has 212 valence electrons. The lowest BCUT2D eigenvalue weighted by Gasteiger charge is -2.05. The molecule has 40 heavy (non-hydrogen) atoms. The number of carboxylic acids is 2. The van der Waals surface area contributed by atoms with E-state index in [0.717, 1.165) is 30.8 Å². The molecule has 0 aliphatic carbocycles. The van der Waals surface area contributed by atoms with E-state index in [9.17, 15) is 19.2 Å². The highest BCUT2D eigenvalue weighted by Crippen LogP contribution is 2.28. The molecule has 0 saturated heterocycles. The number of carbonyl (C=O) groups excluding carboxylic acids is 2.